The largest absolute Gasteiger partial charge is 0.468 e. The molecule has 2 aromatic rings. The van der Waals surface area contributed by atoms with E-state index in [1.54, 1.807) is 6.26 Å². The minimum atomic E-state index is -0.467. The second-order valence-corrected chi connectivity index (χ2v) is 9.18. The molecule has 2 aliphatic rings. The van der Waals surface area contributed by atoms with Crippen molar-refractivity contribution in [1.82, 2.24) is 15.2 Å². The van der Waals surface area contributed by atoms with Crippen molar-refractivity contribution < 1.29 is 14.0 Å². The van der Waals surface area contributed by atoms with Crippen LogP contribution in [0.15, 0.2) is 33.7 Å². The van der Waals surface area contributed by atoms with Crippen LogP contribution in [0.4, 0.5) is 0 Å². The van der Waals surface area contributed by atoms with Crippen LogP contribution in [0.25, 0.3) is 0 Å². The van der Waals surface area contributed by atoms with Gasteiger partial charge in [-0.2, -0.15) is 0 Å². The number of pyridine rings is 1. The molecular weight excluding hydrogens is 382 g/mol. The summed E-state index contributed by atoms with van der Waals surface area (Å²) in [6.45, 7) is 6.24. The Bertz CT molecular complexity index is 984. The maximum Gasteiger partial charge on any atom is 0.261 e. The number of hydrogen-bond donors (Lipinski definition) is 2. The van der Waals surface area contributed by atoms with Crippen molar-refractivity contribution in [2.45, 2.75) is 52.0 Å². The molecule has 1 unspecified atom stereocenters. The average Bonchev–Trinajstić information content (AvgIpc) is 3.22. The van der Waals surface area contributed by atoms with E-state index < -0.39 is 11.5 Å². The molecule has 7 heteroatoms. The standard InChI is InChI=1S/C23H29N3O4/c1-23(2)12-17-15(19(27)13-23)11-16(22(29)25-17)21(28)24-14-18(20-7-6-10-30-20)26-8-4-3-5-9-26/h6-7,10-11,18H,3-5,8-9,12-14H2,1-2H3,(H,24,28)(H,25,29). The molecule has 1 saturated heterocycles. The molecule has 0 bridgehead atoms. The number of amides is 1. The van der Waals surface area contributed by atoms with Crippen molar-refractivity contribution >= 4 is 11.7 Å². The maximum absolute atomic E-state index is 12.9. The van der Waals surface area contributed by atoms with Crippen LogP contribution in [0.3, 0.4) is 0 Å². The predicted octanol–water partition coefficient (Wildman–Crippen LogP) is 3.08. The molecule has 3 heterocycles. The van der Waals surface area contributed by atoms with E-state index >= 15 is 0 Å². The van der Waals surface area contributed by atoms with Gasteiger partial charge in [-0.15, -0.1) is 0 Å². The molecule has 4 rings (SSSR count). The molecule has 2 N–H and O–H groups in total. The quantitative estimate of drug-likeness (QED) is 0.788. The number of likely N-dealkylation sites (tertiary alicyclic amines) is 1. The molecule has 7 nitrogen and oxygen atoms in total. The topological polar surface area (TPSA) is 95.4 Å². The Hall–Kier alpha value is -2.67. The SMILES string of the molecule is CC1(C)CC(=O)c2cc(C(=O)NCC(c3ccco3)N3CCCCC3)c(=O)[nH]c2C1. The minimum absolute atomic E-state index is 0.0151. The number of H-pyrrole nitrogens is 1. The number of nitrogens with zero attached hydrogens (tertiary/aromatic N) is 1. The second kappa shape index (κ2) is 8.22. The molecule has 0 saturated carbocycles. The summed E-state index contributed by atoms with van der Waals surface area (Å²) in [5, 5.41) is 2.89. The molecule has 0 spiro atoms. The minimum Gasteiger partial charge on any atom is -0.468 e. The Balaban J connectivity index is 1.53. The van der Waals surface area contributed by atoms with E-state index in [-0.39, 0.29) is 22.8 Å². The van der Waals surface area contributed by atoms with Crippen molar-refractivity contribution in [3.05, 3.63) is 57.4 Å². The lowest BCUT2D eigenvalue weighted by atomic mass is 9.75. The fourth-order valence-corrected chi connectivity index (χ4v) is 4.60. The zero-order chi connectivity index (χ0) is 21.3. The maximum atomic E-state index is 12.9. The first kappa shape index (κ1) is 20.6. The van der Waals surface area contributed by atoms with E-state index in [0.29, 0.717) is 30.6 Å². The van der Waals surface area contributed by atoms with Crippen molar-refractivity contribution in [2.24, 2.45) is 5.41 Å². The molecule has 2 aromatic heterocycles. The van der Waals surface area contributed by atoms with Gasteiger partial charge in [-0.25, -0.2) is 0 Å². The lowest BCUT2D eigenvalue weighted by Gasteiger charge is -2.33. The normalized spacial score (nSPS) is 19.9. The first-order chi connectivity index (χ1) is 14.3. The number of piperidine rings is 1. The lowest BCUT2D eigenvalue weighted by molar-refractivity contribution is 0.0909. The van der Waals surface area contributed by atoms with E-state index in [0.717, 1.165) is 31.7 Å². The third-order valence-corrected chi connectivity index (χ3v) is 6.12. The molecule has 0 radical (unpaired) electrons. The van der Waals surface area contributed by atoms with Gasteiger partial charge in [0.05, 0.1) is 12.3 Å². The summed E-state index contributed by atoms with van der Waals surface area (Å²) in [5.41, 5.74) is 0.418. The van der Waals surface area contributed by atoms with Gasteiger partial charge in [-0.1, -0.05) is 20.3 Å². The molecule has 1 aliphatic heterocycles. The molecule has 0 aromatic carbocycles. The number of hydrogen-bond acceptors (Lipinski definition) is 5. The number of fused-ring (bicyclic) bond motifs is 1. The summed E-state index contributed by atoms with van der Waals surface area (Å²) < 4.78 is 5.61. The molecule has 1 atom stereocenters. The van der Waals surface area contributed by atoms with Crippen LogP contribution in [0, 0.1) is 5.41 Å². The fourth-order valence-electron chi connectivity index (χ4n) is 4.60. The van der Waals surface area contributed by atoms with Crippen molar-refractivity contribution in [3.8, 4) is 0 Å². The average molecular weight is 412 g/mol. The van der Waals surface area contributed by atoms with Crippen LogP contribution in [0.2, 0.25) is 0 Å². The van der Waals surface area contributed by atoms with Crippen LogP contribution in [-0.4, -0.2) is 41.2 Å². The highest BCUT2D eigenvalue weighted by Gasteiger charge is 2.33. The lowest BCUT2D eigenvalue weighted by Crippen LogP contribution is -2.41. The van der Waals surface area contributed by atoms with Crippen LogP contribution in [0.5, 0.6) is 0 Å². The van der Waals surface area contributed by atoms with Gasteiger partial charge in [0, 0.05) is 24.2 Å². The smallest absolute Gasteiger partial charge is 0.261 e. The fraction of sp³-hybridized carbons (Fsp3) is 0.522. The molecule has 1 amide bonds. The first-order valence-corrected chi connectivity index (χ1v) is 10.7. The first-order valence-electron chi connectivity index (χ1n) is 10.7. The Morgan fingerprint density at radius 2 is 2.00 bits per heavy atom. The van der Waals surface area contributed by atoms with Crippen LogP contribution >= 0.6 is 0 Å². The van der Waals surface area contributed by atoms with Gasteiger partial charge < -0.3 is 14.7 Å². The van der Waals surface area contributed by atoms with Gasteiger partial charge in [0.1, 0.15) is 11.3 Å². The highest BCUT2D eigenvalue weighted by molar-refractivity contribution is 6.02. The predicted molar refractivity (Wildman–Crippen MR) is 113 cm³/mol. The summed E-state index contributed by atoms with van der Waals surface area (Å²) >= 11 is 0. The number of ketones is 1. The van der Waals surface area contributed by atoms with Crippen molar-refractivity contribution in [1.29, 1.82) is 0 Å². The number of carbonyl (C=O) groups is 2. The Labute approximate surface area is 175 Å². The van der Waals surface area contributed by atoms with Crippen LogP contribution in [-0.2, 0) is 6.42 Å². The van der Waals surface area contributed by atoms with E-state index in [4.69, 9.17) is 4.42 Å². The number of carbonyl (C=O) groups excluding carboxylic acids is 2. The zero-order valence-corrected chi connectivity index (χ0v) is 17.6. The third kappa shape index (κ3) is 4.26. The summed E-state index contributed by atoms with van der Waals surface area (Å²) in [6.07, 6.45) is 6.10. The summed E-state index contributed by atoms with van der Waals surface area (Å²) in [6, 6.07) is 5.14. The summed E-state index contributed by atoms with van der Waals surface area (Å²) in [5.74, 6) is 0.299. The van der Waals surface area contributed by atoms with E-state index in [9.17, 15) is 14.4 Å². The number of aromatic nitrogens is 1. The number of aromatic amines is 1. The van der Waals surface area contributed by atoms with Gasteiger partial charge in [-0.3, -0.25) is 19.3 Å². The number of rotatable bonds is 5. The summed E-state index contributed by atoms with van der Waals surface area (Å²) in [4.78, 5) is 43.0. The number of nitrogens with one attached hydrogen (secondary N) is 2. The summed E-state index contributed by atoms with van der Waals surface area (Å²) in [7, 11) is 0. The van der Waals surface area contributed by atoms with E-state index in [1.165, 1.54) is 12.5 Å². The molecule has 30 heavy (non-hydrogen) atoms. The second-order valence-electron chi connectivity index (χ2n) is 9.18. The molecular formula is C23H29N3O4. The van der Waals surface area contributed by atoms with E-state index in [2.05, 4.69) is 15.2 Å². The van der Waals surface area contributed by atoms with Gasteiger partial charge in [0.15, 0.2) is 5.78 Å². The zero-order valence-electron chi connectivity index (χ0n) is 17.6. The highest BCUT2D eigenvalue weighted by Crippen LogP contribution is 2.33. The van der Waals surface area contributed by atoms with Gasteiger partial charge in [-0.05, 0) is 56.0 Å². The number of Topliss-reactive ketones (excluding diaryl/α,β-unsaturated/α-hetero) is 1. The molecule has 1 fully saturated rings. The van der Waals surface area contributed by atoms with Crippen molar-refractivity contribution in [2.75, 3.05) is 19.6 Å². The van der Waals surface area contributed by atoms with Gasteiger partial charge in [0.2, 0.25) is 0 Å². The van der Waals surface area contributed by atoms with E-state index in [1.807, 2.05) is 26.0 Å². The Kier molecular flexibility index (Phi) is 5.64. The molecule has 1 aliphatic carbocycles. The monoisotopic (exact) mass is 411 g/mol. The Morgan fingerprint density at radius 3 is 2.70 bits per heavy atom. The van der Waals surface area contributed by atoms with Crippen LogP contribution < -0.4 is 10.9 Å². The van der Waals surface area contributed by atoms with Gasteiger partial charge >= 0.3 is 0 Å². The number of furan rings is 1. The molecule has 160 valence electrons. The third-order valence-electron chi connectivity index (χ3n) is 6.12. The highest BCUT2D eigenvalue weighted by atomic mass is 16.3. The Morgan fingerprint density at radius 1 is 1.23 bits per heavy atom. The van der Waals surface area contributed by atoms with Crippen LogP contribution in [0.1, 0.15) is 77.7 Å². The van der Waals surface area contributed by atoms with Gasteiger partial charge in [0.25, 0.3) is 11.5 Å². The van der Waals surface area contributed by atoms with Crippen molar-refractivity contribution in [3.63, 3.8) is 0 Å².